The Balaban J connectivity index is 1.60. The molecule has 0 radical (unpaired) electrons. The average molecular weight is 426 g/mol. The van der Waals surface area contributed by atoms with Crippen LogP contribution in [0.5, 0.6) is 0 Å². The molecular formula is C22H27N3O4Si. The molecule has 0 bridgehead atoms. The van der Waals surface area contributed by atoms with Gasteiger partial charge in [-0.15, -0.1) is 0 Å². The molecule has 0 aliphatic heterocycles. The summed E-state index contributed by atoms with van der Waals surface area (Å²) in [5, 5.41) is 8.01. The van der Waals surface area contributed by atoms with Gasteiger partial charge in [0.25, 0.3) is 5.56 Å². The van der Waals surface area contributed by atoms with Gasteiger partial charge in [0.05, 0.1) is 11.6 Å². The van der Waals surface area contributed by atoms with Crippen molar-refractivity contribution in [2.45, 2.75) is 39.0 Å². The molecule has 1 heterocycles. The van der Waals surface area contributed by atoms with Crippen LogP contribution in [0.1, 0.15) is 5.56 Å². The van der Waals surface area contributed by atoms with Crippen LogP contribution in [-0.4, -0.2) is 30.6 Å². The van der Waals surface area contributed by atoms with E-state index >= 15 is 0 Å². The number of nitrogens with zero attached hydrogens (tertiary/aromatic N) is 2. The maximum absolute atomic E-state index is 12.6. The van der Waals surface area contributed by atoms with Gasteiger partial charge in [0, 0.05) is 25.8 Å². The Bertz CT molecular complexity index is 1060. The number of hydrogen-bond acceptors (Lipinski definition) is 5. The molecule has 0 saturated heterocycles. The Morgan fingerprint density at radius 2 is 1.90 bits per heavy atom. The van der Waals surface area contributed by atoms with Crippen LogP contribution in [0.15, 0.2) is 59.5 Å². The van der Waals surface area contributed by atoms with Gasteiger partial charge >= 0.3 is 6.09 Å². The van der Waals surface area contributed by atoms with Crippen LogP contribution in [0.4, 0.5) is 10.5 Å². The Morgan fingerprint density at radius 3 is 2.63 bits per heavy atom. The van der Waals surface area contributed by atoms with E-state index in [0.717, 1.165) is 11.6 Å². The summed E-state index contributed by atoms with van der Waals surface area (Å²) in [5.41, 5.74) is 1.22. The van der Waals surface area contributed by atoms with Gasteiger partial charge < -0.3 is 9.47 Å². The normalized spacial score (nSPS) is 11.4. The second kappa shape index (κ2) is 9.68. The van der Waals surface area contributed by atoms with Crippen LogP contribution in [0.2, 0.25) is 25.7 Å². The number of benzene rings is 2. The minimum Gasteiger partial charge on any atom is -0.444 e. The van der Waals surface area contributed by atoms with Crippen LogP contribution in [-0.2, 0) is 22.8 Å². The van der Waals surface area contributed by atoms with E-state index in [9.17, 15) is 9.59 Å². The molecule has 7 nitrogen and oxygen atoms in total. The molecule has 158 valence electrons. The third-order valence-corrected chi connectivity index (χ3v) is 6.23. The third kappa shape index (κ3) is 6.26. The van der Waals surface area contributed by atoms with Crippen molar-refractivity contribution in [2.75, 3.05) is 11.9 Å². The van der Waals surface area contributed by atoms with Crippen molar-refractivity contribution in [2.24, 2.45) is 0 Å². The maximum Gasteiger partial charge on any atom is 0.411 e. The predicted octanol–water partition coefficient (Wildman–Crippen LogP) is 4.46. The molecular weight excluding hydrogens is 398 g/mol. The Hall–Kier alpha value is -2.97. The standard InChI is InChI=1S/C22H27N3O4Si/c1-30(2,3)12-11-28-16-25-21(26)20-10-9-19(13-18(20)14-23-25)24-22(27)29-15-17-7-5-4-6-8-17/h4-10,13-14H,11-12,15-16H2,1-3H3,(H,24,27). The first-order chi connectivity index (χ1) is 14.3. The molecule has 0 spiro atoms. The summed E-state index contributed by atoms with van der Waals surface area (Å²) >= 11 is 0. The van der Waals surface area contributed by atoms with E-state index in [1.54, 1.807) is 24.4 Å². The fourth-order valence-corrected chi connectivity index (χ4v) is 3.52. The van der Waals surface area contributed by atoms with Crippen molar-refractivity contribution in [3.05, 3.63) is 70.6 Å². The van der Waals surface area contributed by atoms with Gasteiger partial charge in [-0.3, -0.25) is 10.1 Å². The molecule has 1 aromatic heterocycles. The third-order valence-electron chi connectivity index (χ3n) is 4.52. The molecule has 30 heavy (non-hydrogen) atoms. The maximum atomic E-state index is 12.6. The number of rotatable bonds is 8. The van der Waals surface area contributed by atoms with Gasteiger partial charge in [-0.05, 0) is 29.8 Å². The molecule has 0 aliphatic rings. The number of aromatic nitrogens is 2. The highest BCUT2D eigenvalue weighted by atomic mass is 28.3. The molecule has 1 N–H and O–H groups in total. The van der Waals surface area contributed by atoms with Crippen LogP contribution in [0.25, 0.3) is 10.8 Å². The SMILES string of the molecule is C[Si](C)(C)CCOCn1ncc2cc(NC(=O)OCc3ccccc3)ccc2c1=O. The van der Waals surface area contributed by atoms with E-state index in [1.807, 2.05) is 30.3 Å². The van der Waals surface area contributed by atoms with E-state index in [1.165, 1.54) is 4.68 Å². The summed E-state index contributed by atoms with van der Waals surface area (Å²) in [6, 6.07) is 15.5. The zero-order valence-corrected chi connectivity index (χ0v) is 18.6. The Labute approximate surface area is 176 Å². The summed E-state index contributed by atoms with van der Waals surface area (Å²) in [6.07, 6.45) is 1.04. The number of amides is 1. The second-order valence-electron chi connectivity index (χ2n) is 8.29. The number of carbonyl (C=O) groups is 1. The number of anilines is 1. The minimum atomic E-state index is -1.18. The summed E-state index contributed by atoms with van der Waals surface area (Å²) in [7, 11) is -1.18. The van der Waals surface area contributed by atoms with Gasteiger partial charge in [0.15, 0.2) is 0 Å². The summed E-state index contributed by atoms with van der Waals surface area (Å²) in [4.78, 5) is 24.7. The van der Waals surface area contributed by atoms with Crippen LogP contribution in [0.3, 0.4) is 0 Å². The van der Waals surface area contributed by atoms with Gasteiger partial charge in [-0.25, -0.2) is 9.48 Å². The smallest absolute Gasteiger partial charge is 0.411 e. The lowest BCUT2D eigenvalue weighted by atomic mass is 10.2. The van der Waals surface area contributed by atoms with Crippen molar-refractivity contribution < 1.29 is 14.3 Å². The number of ether oxygens (including phenoxy) is 2. The highest BCUT2D eigenvalue weighted by Crippen LogP contribution is 2.16. The van der Waals surface area contributed by atoms with Crippen molar-refractivity contribution >= 4 is 30.6 Å². The predicted molar refractivity (Wildman–Crippen MR) is 120 cm³/mol. The quantitative estimate of drug-likeness (QED) is 0.426. The van der Waals surface area contributed by atoms with Crippen molar-refractivity contribution in [3.63, 3.8) is 0 Å². The zero-order chi connectivity index (χ0) is 21.6. The van der Waals surface area contributed by atoms with Crippen molar-refractivity contribution in [1.29, 1.82) is 0 Å². The topological polar surface area (TPSA) is 82.4 Å². The average Bonchev–Trinajstić information content (AvgIpc) is 2.71. The second-order valence-corrected chi connectivity index (χ2v) is 13.9. The first-order valence-corrected chi connectivity index (χ1v) is 13.6. The Kier molecular flexibility index (Phi) is 7.01. The number of fused-ring (bicyclic) bond motifs is 1. The lowest BCUT2D eigenvalue weighted by molar-refractivity contribution is 0.0754. The molecule has 3 rings (SSSR count). The lowest BCUT2D eigenvalue weighted by Gasteiger charge is -2.15. The molecule has 3 aromatic rings. The van der Waals surface area contributed by atoms with Crippen LogP contribution >= 0.6 is 0 Å². The highest BCUT2D eigenvalue weighted by molar-refractivity contribution is 6.76. The number of nitrogens with one attached hydrogen (secondary N) is 1. The fourth-order valence-electron chi connectivity index (χ4n) is 2.76. The van der Waals surface area contributed by atoms with Gasteiger partial charge in [0.1, 0.15) is 13.3 Å². The molecule has 0 unspecified atom stereocenters. The highest BCUT2D eigenvalue weighted by Gasteiger charge is 2.13. The lowest BCUT2D eigenvalue weighted by Crippen LogP contribution is -2.26. The van der Waals surface area contributed by atoms with Crippen molar-refractivity contribution in [3.8, 4) is 0 Å². The largest absolute Gasteiger partial charge is 0.444 e. The van der Waals surface area contributed by atoms with E-state index in [2.05, 4.69) is 30.1 Å². The summed E-state index contributed by atoms with van der Waals surface area (Å²) in [5.74, 6) is 0. The van der Waals surface area contributed by atoms with E-state index in [0.29, 0.717) is 23.1 Å². The van der Waals surface area contributed by atoms with E-state index < -0.39 is 14.2 Å². The first kappa shape index (κ1) is 21.7. The molecule has 0 aliphatic carbocycles. The molecule has 0 saturated carbocycles. The number of hydrogen-bond donors (Lipinski definition) is 1. The van der Waals surface area contributed by atoms with Crippen molar-refractivity contribution in [1.82, 2.24) is 9.78 Å². The fraction of sp³-hybridized carbons (Fsp3) is 0.318. The molecule has 1 amide bonds. The van der Waals surface area contributed by atoms with Crippen LogP contribution < -0.4 is 10.9 Å². The zero-order valence-electron chi connectivity index (χ0n) is 17.6. The van der Waals surface area contributed by atoms with E-state index in [-0.39, 0.29) is 18.9 Å². The molecule has 0 atom stereocenters. The first-order valence-electron chi connectivity index (χ1n) is 9.87. The van der Waals surface area contributed by atoms with Crippen LogP contribution in [0, 0.1) is 0 Å². The van der Waals surface area contributed by atoms with Gasteiger partial charge in [-0.1, -0.05) is 50.0 Å². The van der Waals surface area contributed by atoms with Gasteiger partial charge in [0.2, 0.25) is 0 Å². The van der Waals surface area contributed by atoms with Gasteiger partial charge in [-0.2, -0.15) is 5.10 Å². The molecule has 0 fully saturated rings. The monoisotopic (exact) mass is 425 g/mol. The minimum absolute atomic E-state index is 0.130. The summed E-state index contributed by atoms with van der Waals surface area (Å²) in [6.45, 7) is 7.77. The Morgan fingerprint density at radius 1 is 1.13 bits per heavy atom. The molecule has 8 heteroatoms. The summed E-state index contributed by atoms with van der Waals surface area (Å²) < 4.78 is 12.2. The number of carbonyl (C=O) groups excluding carboxylic acids is 1. The molecule has 2 aromatic carbocycles. The van der Waals surface area contributed by atoms with E-state index in [4.69, 9.17) is 9.47 Å².